The van der Waals surface area contributed by atoms with E-state index in [1.807, 2.05) is 43.5 Å². The molecule has 0 bridgehead atoms. The maximum atomic E-state index is 6.01. The smallest absolute Gasteiger partial charge is 0.174 e. The van der Waals surface area contributed by atoms with Gasteiger partial charge >= 0.3 is 0 Å². The van der Waals surface area contributed by atoms with Crippen molar-refractivity contribution < 1.29 is 4.42 Å². The molecular formula is C22H23N3OS. The van der Waals surface area contributed by atoms with Gasteiger partial charge in [0.1, 0.15) is 17.6 Å². The number of hydrogen-bond acceptors (Lipinski definition) is 3. The normalized spacial score (nSPS) is 19.6. The summed E-state index contributed by atoms with van der Waals surface area (Å²) < 4.78 is 6.01. The molecule has 3 aromatic rings. The molecule has 2 atom stereocenters. The first-order valence-electron chi connectivity index (χ1n) is 9.21. The minimum Gasteiger partial charge on any atom is -0.464 e. The van der Waals surface area contributed by atoms with Crippen LogP contribution in [0.3, 0.4) is 0 Å². The van der Waals surface area contributed by atoms with E-state index >= 15 is 0 Å². The molecular weight excluding hydrogens is 354 g/mol. The van der Waals surface area contributed by atoms with Crippen LogP contribution in [0.4, 0.5) is 5.69 Å². The van der Waals surface area contributed by atoms with Gasteiger partial charge in [-0.3, -0.25) is 4.98 Å². The van der Waals surface area contributed by atoms with E-state index in [2.05, 4.69) is 53.3 Å². The lowest BCUT2D eigenvalue weighted by atomic mass is 10.0. The Hall–Kier alpha value is -2.66. The maximum absolute atomic E-state index is 6.01. The summed E-state index contributed by atoms with van der Waals surface area (Å²) in [5, 5.41) is 4.13. The average Bonchev–Trinajstić information content (AvgIpc) is 3.25. The Morgan fingerprint density at radius 2 is 1.85 bits per heavy atom. The SMILES string of the molecule is Cc1ccc([C@@H]2[C@H](c3ccccn3)NC(=S)N2c2ccc(C(C)C)cc2)o1. The van der Waals surface area contributed by atoms with E-state index in [1.165, 1.54) is 5.56 Å². The lowest BCUT2D eigenvalue weighted by molar-refractivity contribution is 0.418. The summed E-state index contributed by atoms with van der Waals surface area (Å²) in [6.07, 6.45) is 1.81. The van der Waals surface area contributed by atoms with Crippen LogP contribution in [0.15, 0.2) is 65.2 Å². The highest BCUT2D eigenvalue weighted by atomic mass is 32.1. The van der Waals surface area contributed by atoms with Crippen molar-refractivity contribution in [2.75, 3.05) is 4.90 Å². The number of pyridine rings is 1. The Morgan fingerprint density at radius 1 is 1.07 bits per heavy atom. The minimum atomic E-state index is -0.0917. The number of nitrogens with zero attached hydrogens (tertiary/aromatic N) is 2. The van der Waals surface area contributed by atoms with E-state index in [4.69, 9.17) is 16.6 Å². The zero-order valence-corrected chi connectivity index (χ0v) is 16.5. The van der Waals surface area contributed by atoms with Crippen molar-refractivity contribution in [3.05, 3.63) is 83.6 Å². The van der Waals surface area contributed by atoms with Crippen molar-refractivity contribution in [1.82, 2.24) is 10.3 Å². The highest BCUT2D eigenvalue weighted by molar-refractivity contribution is 7.80. The summed E-state index contributed by atoms with van der Waals surface area (Å²) in [5.74, 6) is 2.26. The van der Waals surface area contributed by atoms with Gasteiger partial charge in [-0.15, -0.1) is 0 Å². The molecule has 0 saturated carbocycles. The number of furan rings is 1. The van der Waals surface area contributed by atoms with E-state index in [9.17, 15) is 0 Å². The van der Waals surface area contributed by atoms with Crippen LogP contribution in [0.1, 0.15) is 54.6 Å². The molecule has 0 amide bonds. The standard InChI is InChI=1S/C22H23N3OS/c1-14(2)16-8-10-17(11-9-16)25-21(19-12-7-15(3)26-19)20(24-22(25)27)18-6-4-5-13-23-18/h4-14,20-21H,1-3H3,(H,24,27)/t20-,21+/m0/s1. The molecule has 0 radical (unpaired) electrons. The number of anilines is 1. The van der Waals surface area contributed by atoms with Gasteiger partial charge in [0.25, 0.3) is 0 Å². The Bertz CT molecular complexity index is 934. The van der Waals surface area contributed by atoms with Crippen LogP contribution in [0.5, 0.6) is 0 Å². The Kier molecular flexibility index (Phi) is 4.70. The third-order valence-corrected chi connectivity index (χ3v) is 5.30. The van der Waals surface area contributed by atoms with Crippen molar-refractivity contribution in [2.45, 2.75) is 38.8 Å². The van der Waals surface area contributed by atoms with Crippen LogP contribution in [0, 0.1) is 6.92 Å². The van der Waals surface area contributed by atoms with Crippen molar-refractivity contribution in [3.63, 3.8) is 0 Å². The molecule has 1 aliphatic heterocycles. The van der Waals surface area contributed by atoms with E-state index in [-0.39, 0.29) is 12.1 Å². The van der Waals surface area contributed by atoms with Gasteiger partial charge in [0.05, 0.1) is 11.7 Å². The number of thiocarbonyl (C=S) groups is 1. The van der Waals surface area contributed by atoms with Gasteiger partial charge in [-0.25, -0.2) is 0 Å². The molecule has 2 aromatic heterocycles. The van der Waals surface area contributed by atoms with Crippen LogP contribution in [0.25, 0.3) is 0 Å². The Labute approximate surface area is 165 Å². The van der Waals surface area contributed by atoms with Gasteiger partial charge in [-0.05, 0) is 67.0 Å². The molecule has 0 spiro atoms. The summed E-state index contributed by atoms with van der Waals surface area (Å²) >= 11 is 5.71. The molecule has 1 N–H and O–H groups in total. The zero-order chi connectivity index (χ0) is 19.0. The number of nitrogens with one attached hydrogen (secondary N) is 1. The molecule has 0 unspecified atom stereocenters. The molecule has 0 aliphatic carbocycles. The Balaban J connectivity index is 1.78. The fourth-order valence-electron chi connectivity index (χ4n) is 3.55. The minimum absolute atomic E-state index is 0.0750. The fourth-order valence-corrected chi connectivity index (χ4v) is 3.90. The molecule has 5 heteroatoms. The summed E-state index contributed by atoms with van der Waals surface area (Å²) in [5.41, 5.74) is 3.30. The molecule has 1 aliphatic rings. The lowest BCUT2D eigenvalue weighted by Crippen LogP contribution is -2.29. The largest absolute Gasteiger partial charge is 0.464 e. The summed E-state index contributed by atoms with van der Waals surface area (Å²) in [4.78, 5) is 6.69. The predicted octanol–water partition coefficient (Wildman–Crippen LogP) is 5.28. The molecule has 1 fully saturated rings. The fraction of sp³-hybridized carbons (Fsp3) is 0.273. The second-order valence-electron chi connectivity index (χ2n) is 7.19. The number of benzene rings is 1. The van der Waals surface area contributed by atoms with E-state index in [0.717, 1.165) is 22.9 Å². The van der Waals surface area contributed by atoms with Crippen LogP contribution in [-0.2, 0) is 0 Å². The number of rotatable bonds is 4. The third kappa shape index (κ3) is 3.35. The Morgan fingerprint density at radius 3 is 2.44 bits per heavy atom. The van der Waals surface area contributed by atoms with Crippen molar-refractivity contribution in [3.8, 4) is 0 Å². The van der Waals surface area contributed by atoms with E-state index in [1.54, 1.807) is 0 Å². The quantitative estimate of drug-likeness (QED) is 0.626. The average molecular weight is 378 g/mol. The second-order valence-corrected chi connectivity index (χ2v) is 7.58. The van der Waals surface area contributed by atoms with Gasteiger partial charge in [-0.1, -0.05) is 32.0 Å². The second kappa shape index (κ2) is 7.16. The van der Waals surface area contributed by atoms with Gasteiger partial charge in [0.2, 0.25) is 0 Å². The first-order chi connectivity index (χ1) is 13.0. The molecule has 138 valence electrons. The topological polar surface area (TPSA) is 41.3 Å². The summed E-state index contributed by atoms with van der Waals surface area (Å²) in [7, 11) is 0. The van der Waals surface area contributed by atoms with E-state index in [0.29, 0.717) is 11.0 Å². The molecule has 27 heavy (non-hydrogen) atoms. The van der Waals surface area contributed by atoms with Crippen LogP contribution in [0.2, 0.25) is 0 Å². The molecule has 4 nitrogen and oxygen atoms in total. The monoisotopic (exact) mass is 377 g/mol. The highest BCUT2D eigenvalue weighted by Gasteiger charge is 2.42. The van der Waals surface area contributed by atoms with Crippen LogP contribution < -0.4 is 10.2 Å². The maximum Gasteiger partial charge on any atom is 0.174 e. The number of aryl methyl sites for hydroxylation is 1. The molecule has 1 aromatic carbocycles. The number of aromatic nitrogens is 1. The molecule has 1 saturated heterocycles. The first kappa shape index (κ1) is 17.7. The molecule has 4 rings (SSSR count). The number of hydrogen-bond donors (Lipinski definition) is 1. The van der Waals surface area contributed by atoms with Gasteiger partial charge in [0.15, 0.2) is 5.11 Å². The third-order valence-electron chi connectivity index (χ3n) is 4.99. The summed E-state index contributed by atoms with van der Waals surface area (Å²) in [6, 6.07) is 18.4. The molecule has 3 heterocycles. The zero-order valence-electron chi connectivity index (χ0n) is 15.7. The van der Waals surface area contributed by atoms with Gasteiger partial charge in [0, 0.05) is 11.9 Å². The van der Waals surface area contributed by atoms with Crippen LogP contribution >= 0.6 is 12.2 Å². The van der Waals surface area contributed by atoms with Crippen molar-refractivity contribution in [1.29, 1.82) is 0 Å². The predicted molar refractivity (Wildman–Crippen MR) is 112 cm³/mol. The van der Waals surface area contributed by atoms with Gasteiger partial charge in [-0.2, -0.15) is 0 Å². The summed E-state index contributed by atoms with van der Waals surface area (Å²) in [6.45, 7) is 6.35. The van der Waals surface area contributed by atoms with E-state index < -0.39 is 0 Å². The van der Waals surface area contributed by atoms with Crippen molar-refractivity contribution >= 4 is 23.0 Å². The first-order valence-corrected chi connectivity index (χ1v) is 9.62. The van der Waals surface area contributed by atoms with Crippen molar-refractivity contribution in [2.24, 2.45) is 0 Å². The lowest BCUT2D eigenvalue weighted by Gasteiger charge is -2.26. The van der Waals surface area contributed by atoms with Crippen LogP contribution in [-0.4, -0.2) is 10.1 Å². The highest BCUT2D eigenvalue weighted by Crippen LogP contribution is 2.42. The van der Waals surface area contributed by atoms with Gasteiger partial charge < -0.3 is 14.6 Å².